The summed E-state index contributed by atoms with van der Waals surface area (Å²) in [5, 5.41) is 0. The van der Waals surface area contributed by atoms with E-state index in [0.29, 0.717) is 12.1 Å². The summed E-state index contributed by atoms with van der Waals surface area (Å²) in [5.41, 5.74) is 0.170. The number of hydrogen-bond acceptors (Lipinski definition) is 0. The molecule has 0 aliphatic rings. The van der Waals surface area contributed by atoms with Gasteiger partial charge in [-0.05, 0) is 12.1 Å². The average molecular weight is 319 g/mol. The fraction of sp³-hybridized carbons (Fsp3) is 0.0769. The van der Waals surface area contributed by atoms with E-state index in [1.807, 2.05) is 0 Å². The lowest BCUT2D eigenvalue weighted by Crippen LogP contribution is -2.00. The zero-order chi connectivity index (χ0) is 13.3. The Hall–Kier alpha value is -1.36. The second-order valence-corrected chi connectivity index (χ2v) is 4.61. The van der Waals surface area contributed by atoms with Crippen molar-refractivity contribution in [3.8, 4) is 0 Å². The van der Waals surface area contributed by atoms with Crippen LogP contribution in [0, 0.1) is 23.3 Å². The van der Waals surface area contributed by atoms with Crippen LogP contribution in [0.5, 0.6) is 0 Å². The van der Waals surface area contributed by atoms with Crippen molar-refractivity contribution in [2.24, 2.45) is 0 Å². The quantitative estimate of drug-likeness (QED) is 0.555. The van der Waals surface area contributed by atoms with E-state index < -0.39 is 28.1 Å². The molecule has 0 aliphatic heterocycles. The minimum absolute atomic E-state index is 0.0851. The Labute approximate surface area is 109 Å². The number of rotatable bonds is 2. The van der Waals surface area contributed by atoms with Gasteiger partial charge in [0.05, 0.1) is 4.83 Å². The van der Waals surface area contributed by atoms with Crippen LogP contribution in [0.25, 0.3) is 0 Å². The zero-order valence-electron chi connectivity index (χ0n) is 8.93. The lowest BCUT2D eigenvalue weighted by atomic mass is 10.0. The molecular formula is C13H7BrF4. The van der Waals surface area contributed by atoms with E-state index in [0.717, 1.165) is 12.1 Å². The number of hydrogen-bond donors (Lipinski definition) is 0. The molecule has 2 aromatic rings. The molecule has 0 saturated heterocycles. The molecule has 0 aliphatic carbocycles. The van der Waals surface area contributed by atoms with Crippen LogP contribution in [0.2, 0.25) is 0 Å². The van der Waals surface area contributed by atoms with Crippen LogP contribution in [-0.4, -0.2) is 0 Å². The van der Waals surface area contributed by atoms with Crippen molar-refractivity contribution >= 4 is 15.9 Å². The molecule has 0 saturated carbocycles. The molecule has 0 radical (unpaired) electrons. The standard InChI is InChI=1S/C13H7BrF4/c14-13(9-3-1-7(15)5-11(9)17)10-4-2-8(16)6-12(10)18/h1-6,13H. The summed E-state index contributed by atoms with van der Waals surface area (Å²) in [4.78, 5) is -0.807. The predicted molar refractivity (Wildman–Crippen MR) is 63.5 cm³/mol. The second-order valence-electron chi connectivity index (χ2n) is 3.69. The molecule has 18 heavy (non-hydrogen) atoms. The van der Waals surface area contributed by atoms with Crippen LogP contribution in [0.4, 0.5) is 17.6 Å². The van der Waals surface area contributed by atoms with Gasteiger partial charge < -0.3 is 0 Å². The molecule has 0 amide bonds. The molecule has 0 fully saturated rings. The summed E-state index contributed by atoms with van der Waals surface area (Å²) in [6, 6.07) is 6.01. The summed E-state index contributed by atoms with van der Waals surface area (Å²) < 4.78 is 52.6. The zero-order valence-corrected chi connectivity index (χ0v) is 10.5. The van der Waals surface area contributed by atoms with Gasteiger partial charge in [0.2, 0.25) is 0 Å². The molecule has 0 heterocycles. The minimum atomic E-state index is -0.807. The van der Waals surface area contributed by atoms with E-state index in [-0.39, 0.29) is 11.1 Å². The Morgan fingerprint density at radius 3 is 1.44 bits per heavy atom. The molecule has 0 N–H and O–H groups in total. The van der Waals surface area contributed by atoms with Crippen LogP contribution < -0.4 is 0 Å². The first-order chi connectivity index (χ1) is 8.49. The third-order valence-electron chi connectivity index (χ3n) is 2.47. The van der Waals surface area contributed by atoms with Gasteiger partial charge in [-0.1, -0.05) is 28.1 Å². The highest BCUT2D eigenvalue weighted by Crippen LogP contribution is 2.34. The van der Waals surface area contributed by atoms with E-state index in [1.54, 1.807) is 0 Å². The molecule has 0 atom stereocenters. The third-order valence-corrected chi connectivity index (χ3v) is 3.46. The minimum Gasteiger partial charge on any atom is -0.207 e. The van der Waals surface area contributed by atoms with E-state index in [2.05, 4.69) is 15.9 Å². The molecule has 5 heteroatoms. The first-order valence-corrected chi connectivity index (χ1v) is 5.94. The second kappa shape index (κ2) is 5.10. The molecule has 2 rings (SSSR count). The summed E-state index contributed by atoms with van der Waals surface area (Å²) in [6.45, 7) is 0. The van der Waals surface area contributed by atoms with Crippen molar-refractivity contribution in [2.75, 3.05) is 0 Å². The molecule has 0 spiro atoms. The van der Waals surface area contributed by atoms with Crippen molar-refractivity contribution in [3.63, 3.8) is 0 Å². The van der Waals surface area contributed by atoms with Crippen molar-refractivity contribution in [1.29, 1.82) is 0 Å². The first kappa shape index (κ1) is 13.1. The fourth-order valence-electron chi connectivity index (χ4n) is 1.58. The van der Waals surface area contributed by atoms with Gasteiger partial charge in [0.1, 0.15) is 23.3 Å². The smallest absolute Gasteiger partial charge is 0.130 e. The lowest BCUT2D eigenvalue weighted by molar-refractivity contribution is 0.564. The first-order valence-electron chi connectivity index (χ1n) is 5.03. The van der Waals surface area contributed by atoms with Gasteiger partial charge >= 0.3 is 0 Å². The maximum atomic E-state index is 13.5. The van der Waals surface area contributed by atoms with Crippen molar-refractivity contribution < 1.29 is 17.6 Å². The highest BCUT2D eigenvalue weighted by Gasteiger charge is 2.19. The summed E-state index contributed by atoms with van der Waals surface area (Å²) in [6.07, 6.45) is 0. The topological polar surface area (TPSA) is 0 Å². The maximum Gasteiger partial charge on any atom is 0.130 e. The van der Waals surface area contributed by atoms with Crippen LogP contribution in [0.3, 0.4) is 0 Å². The van der Waals surface area contributed by atoms with Gasteiger partial charge in [0.15, 0.2) is 0 Å². The van der Waals surface area contributed by atoms with Gasteiger partial charge in [0, 0.05) is 23.3 Å². The highest BCUT2D eigenvalue weighted by molar-refractivity contribution is 9.09. The number of alkyl halides is 1. The Kier molecular flexibility index (Phi) is 3.71. The highest BCUT2D eigenvalue weighted by atomic mass is 79.9. The molecule has 94 valence electrons. The Morgan fingerprint density at radius 1 is 0.722 bits per heavy atom. The van der Waals surface area contributed by atoms with Gasteiger partial charge in [-0.3, -0.25) is 0 Å². The molecule has 0 aromatic heterocycles. The SMILES string of the molecule is Fc1ccc(C(Br)c2ccc(F)cc2F)c(F)c1. The van der Waals surface area contributed by atoms with E-state index in [9.17, 15) is 17.6 Å². The maximum absolute atomic E-state index is 13.5. The van der Waals surface area contributed by atoms with Crippen molar-refractivity contribution in [2.45, 2.75) is 4.83 Å². The number of halogens is 5. The van der Waals surface area contributed by atoms with E-state index >= 15 is 0 Å². The predicted octanol–water partition coefficient (Wildman–Crippen LogP) is 4.73. The van der Waals surface area contributed by atoms with Crippen molar-refractivity contribution in [3.05, 3.63) is 70.8 Å². The Morgan fingerprint density at radius 2 is 1.11 bits per heavy atom. The normalized spacial score (nSPS) is 11.0. The van der Waals surface area contributed by atoms with Gasteiger partial charge in [-0.25, -0.2) is 17.6 Å². The van der Waals surface area contributed by atoms with Gasteiger partial charge in [0.25, 0.3) is 0 Å². The van der Waals surface area contributed by atoms with Crippen LogP contribution >= 0.6 is 15.9 Å². The Balaban J connectivity index is 2.44. The van der Waals surface area contributed by atoms with E-state index in [1.165, 1.54) is 12.1 Å². The fourth-order valence-corrected chi connectivity index (χ4v) is 2.32. The van der Waals surface area contributed by atoms with Gasteiger partial charge in [-0.2, -0.15) is 0 Å². The molecule has 0 bridgehead atoms. The average Bonchev–Trinajstić information content (AvgIpc) is 2.28. The summed E-state index contributed by atoms with van der Waals surface area (Å²) >= 11 is 3.12. The summed E-state index contributed by atoms with van der Waals surface area (Å²) in [5.74, 6) is -3.01. The molecule has 0 unspecified atom stereocenters. The van der Waals surface area contributed by atoms with Crippen LogP contribution in [0.1, 0.15) is 16.0 Å². The molecule has 2 aromatic carbocycles. The largest absolute Gasteiger partial charge is 0.207 e. The summed E-state index contributed by atoms with van der Waals surface area (Å²) in [7, 11) is 0. The lowest BCUT2D eigenvalue weighted by Gasteiger charge is -2.12. The third kappa shape index (κ3) is 2.56. The molecular weight excluding hydrogens is 312 g/mol. The monoisotopic (exact) mass is 318 g/mol. The van der Waals surface area contributed by atoms with Crippen molar-refractivity contribution in [1.82, 2.24) is 0 Å². The number of benzene rings is 2. The Bertz CT molecular complexity index is 532. The molecule has 0 nitrogen and oxygen atoms in total. The van der Waals surface area contributed by atoms with Gasteiger partial charge in [-0.15, -0.1) is 0 Å². The van der Waals surface area contributed by atoms with E-state index in [4.69, 9.17) is 0 Å². The van der Waals surface area contributed by atoms with Crippen LogP contribution in [-0.2, 0) is 0 Å². The van der Waals surface area contributed by atoms with Crippen LogP contribution in [0.15, 0.2) is 36.4 Å².